The highest BCUT2D eigenvalue weighted by molar-refractivity contribution is 5.92. The maximum atomic E-state index is 12.2. The summed E-state index contributed by atoms with van der Waals surface area (Å²) in [7, 11) is 3.13. The van der Waals surface area contributed by atoms with E-state index in [9.17, 15) is 4.79 Å². The first kappa shape index (κ1) is 20.6. The van der Waals surface area contributed by atoms with Gasteiger partial charge in [0, 0.05) is 19.3 Å². The highest BCUT2D eigenvalue weighted by atomic mass is 16.5. The van der Waals surface area contributed by atoms with Crippen molar-refractivity contribution in [2.45, 2.75) is 20.6 Å². The van der Waals surface area contributed by atoms with Crippen LogP contribution in [0.5, 0.6) is 17.2 Å². The second-order valence-electron chi connectivity index (χ2n) is 5.79. The van der Waals surface area contributed by atoms with Crippen LogP contribution in [0.25, 0.3) is 0 Å². The van der Waals surface area contributed by atoms with Crippen LogP contribution >= 0.6 is 0 Å². The van der Waals surface area contributed by atoms with Gasteiger partial charge in [-0.1, -0.05) is 19.9 Å². The van der Waals surface area contributed by atoms with E-state index < -0.39 is 0 Å². The molecule has 0 aliphatic rings. The summed E-state index contributed by atoms with van der Waals surface area (Å²) in [6, 6.07) is 7.06. The van der Waals surface area contributed by atoms with E-state index in [0.29, 0.717) is 29.5 Å². The minimum Gasteiger partial charge on any atom is -0.493 e. The summed E-state index contributed by atoms with van der Waals surface area (Å²) < 4.78 is 17.9. The monoisotopic (exact) mass is 376 g/mol. The fourth-order valence-electron chi connectivity index (χ4n) is 2.60. The molecule has 148 valence electrons. The zero-order valence-corrected chi connectivity index (χ0v) is 16.4. The Labute approximate surface area is 160 Å². The fourth-order valence-corrected chi connectivity index (χ4v) is 2.60. The minimum absolute atomic E-state index is 0.128. The third-order valence-electron chi connectivity index (χ3n) is 4.21. The first-order valence-electron chi connectivity index (χ1n) is 9.00. The summed E-state index contributed by atoms with van der Waals surface area (Å²) in [4.78, 5) is 14.4. The third kappa shape index (κ3) is 5.62. The van der Waals surface area contributed by atoms with Crippen LogP contribution in [0, 0.1) is 0 Å². The van der Waals surface area contributed by atoms with Crippen molar-refractivity contribution < 1.29 is 19.0 Å². The molecule has 2 rings (SSSR count). The lowest BCUT2D eigenvalue weighted by molar-refractivity contribution is 0.0941. The number of hydrogen-bond acceptors (Lipinski definition) is 6. The summed E-state index contributed by atoms with van der Waals surface area (Å²) >= 11 is 0. The van der Waals surface area contributed by atoms with E-state index in [1.807, 2.05) is 6.07 Å². The molecule has 27 heavy (non-hydrogen) atoms. The highest BCUT2D eigenvalue weighted by Gasteiger charge is 2.13. The number of para-hydroxylation sites is 1. The molecule has 0 spiro atoms. The molecule has 1 N–H and O–H groups in total. The largest absolute Gasteiger partial charge is 0.493 e. The van der Waals surface area contributed by atoms with Crippen LogP contribution in [0.15, 0.2) is 30.5 Å². The van der Waals surface area contributed by atoms with Gasteiger partial charge in [-0.15, -0.1) is 0 Å². The van der Waals surface area contributed by atoms with Gasteiger partial charge in [0.15, 0.2) is 18.2 Å². The molecular formula is C19H28N4O4. The number of likely N-dealkylation sites (N-methyl/N-ethyl adjacent to an activating group) is 1. The highest BCUT2D eigenvalue weighted by Crippen LogP contribution is 2.36. The maximum Gasteiger partial charge on any atom is 0.271 e. The molecular weight excluding hydrogens is 348 g/mol. The van der Waals surface area contributed by atoms with E-state index in [4.69, 9.17) is 14.2 Å². The molecule has 0 radical (unpaired) electrons. The Balaban J connectivity index is 1.92. The molecule has 1 aromatic carbocycles. The number of aromatic nitrogens is 2. The number of nitrogens with zero attached hydrogens (tertiary/aromatic N) is 3. The van der Waals surface area contributed by atoms with Crippen LogP contribution in [0.4, 0.5) is 0 Å². The molecule has 1 amide bonds. The topological polar surface area (TPSA) is 77.9 Å². The Kier molecular flexibility index (Phi) is 7.94. The quantitative estimate of drug-likeness (QED) is 0.646. The number of ether oxygens (including phenoxy) is 3. The number of carbonyl (C=O) groups is 1. The van der Waals surface area contributed by atoms with Crippen molar-refractivity contribution in [1.29, 1.82) is 0 Å². The number of methoxy groups -OCH3 is 2. The second kappa shape index (κ2) is 10.4. The average molecular weight is 376 g/mol. The van der Waals surface area contributed by atoms with Crippen LogP contribution in [0.3, 0.4) is 0 Å². The summed E-state index contributed by atoms with van der Waals surface area (Å²) in [5.41, 5.74) is 0.352. The predicted octanol–water partition coefficient (Wildman–Crippen LogP) is 2.01. The van der Waals surface area contributed by atoms with Crippen molar-refractivity contribution in [3.8, 4) is 17.2 Å². The first-order valence-corrected chi connectivity index (χ1v) is 9.00. The van der Waals surface area contributed by atoms with Crippen LogP contribution < -0.4 is 19.5 Å². The van der Waals surface area contributed by atoms with E-state index in [2.05, 4.69) is 29.2 Å². The predicted molar refractivity (Wildman–Crippen MR) is 103 cm³/mol. The lowest BCUT2D eigenvalue weighted by atomic mass is 10.3. The van der Waals surface area contributed by atoms with Crippen molar-refractivity contribution in [3.63, 3.8) is 0 Å². The molecule has 1 aromatic heterocycles. The van der Waals surface area contributed by atoms with Crippen molar-refractivity contribution in [2.75, 3.05) is 40.4 Å². The molecule has 1 heterocycles. The average Bonchev–Trinajstić information content (AvgIpc) is 3.18. The molecule has 0 saturated carbocycles. The second-order valence-corrected chi connectivity index (χ2v) is 5.79. The SMILES string of the molecule is CCN(CC)CCNC(=O)c1ccn(COc2c(OC)cccc2OC)n1. The molecule has 0 aliphatic heterocycles. The van der Waals surface area contributed by atoms with Gasteiger partial charge in [-0.2, -0.15) is 5.10 Å². The van der Waals surface area contributed by atoms with E-state index in [1.54, 1.807) is 43.3 Å². The maximum absolute atomic E-state index is 12.2. The Hall–Kier alpha value is -2.74. The molecule has 2 aromatic rings. The van der Waals surface area contributed by atoms with Gasteiger partial charge in [0.05, 0.1) is 14.2 Å². The van der Waals surface area contributed by atoms with Crippen LogP contribution in [0.2, 0.25) is 0 Å². The fraction of sp³-hybridized carbons (Fsp3) is 0.474. The molecule has 0 bridgehead atoms. The van der Waals surface area contributed by atoms with Gasteiger partial charge in [-0.05, 0) is 31.3 Å². The number of benzene rings is 1. The summed E-state index contributed by atoms with van der Waals surface area (Å²) in [6.45, 7) is 7.66. The van der Waals surface area contributed by atoms with Gasteiger partial charge in [0.2, 0.25) is 5.75 Å². The smallest absolute Gasteiger partial charge is 0.271 e. The molecule has 0 unspecified atom stereocenters. The summed E-state index contributed by atoms with van der Waals surface area (Å²) in [5.74, 6) is 1.42. The lowest BCUT2D eigenvalue weighted by Crippen LogP contribution is -2.35. The minimum atomic E-state index is -0.198. The molecule has 0 fully saturated rings. The van der Waals surface area contributed by atoms with Crippen LogP contribution in [-0.2, 0) is 6.73 Å². The normalized spacial score (nSPS) is 10.7. The van der Waals surface area contributed by atoms with Crippen LogP contribution in [0.1, 0.15) is 24.3 Å². The van der Waals surface area contributed by atoms with Crippen molar-refractivity contribution >= 4 is 5.91 Å². The molecule has 8 heteroatoms. The third-order valence-corrected chi connectivity index (χ3v) is 4.21. The number of hydrogen-bond donors (Lipinski definition) is 1. The van der Waals surface area contributed by atoms with E-state index in [-0.39, 0.29) is 12.6 Å². The standard InChI is InChI=1S/C19H28N4O4/c1-5-22(6-2)13-11-20-19(24)15-10-12-23(21-15)14-27-18-16(25-3)8-7-9-17(18)26-4/h7-10,12H,5-6,11,13-14H2,1-4H3,(H,20,24). The van der Waals surface area contributed by atoms with E-state index >= 15 is 0 Å². The molecule has 0 saturated heterocycles. The van der Waals surface area contributed by atoms with Gasteiger partial charge < -0.3 is 24.4 Å². The Morgan fingerprint density at radius 2 is 1.81 bits per heavy atom. The van der Waals surface area contributed by atoms with Gasteiger partial charge in [0.1, 0.15) is 5.69 Å². The lowest BCUT2D eigenvalue weighted by Gasteiger charge is -2.17. The zero-order chi connectivity index (χ0) is 19.6. The first-order chi connectivity index (χ1) is 13.1. The van der Waals surface area contributed by atoms with Crippen molar-refractivity contribution in [3.05, 3.63) is 36.2 Å². The van der Waals surface area contributed by atoms with Crippen molar-refractivity contribution in [1.82, 2.24) is 20.0 Å². The van der Waals surface area contributed by atoms with Crippen LogP contribution in [-0.4, -0.2) is 61.0 Å². The molecule has 0 aliphatic carbocycles. The number of nitrogens with one attached hydrogen (secondary N) is 1. The van der Waals surface area contributed by atoms with Gasteiger partial charge in [-0.3, -0.25) is 4.79 Å². The van der Waals surface area contributed by atoms with E-state index in [0.717, 1.165) is 19.6 Å². The molecule has 0 atom stereocenters. The van der Waals surface area contributed by atoms with Gasteiger partial charge in [0.25, 0.3) is 5.91 Å². The van der Waals surface area contributed by atoms with Gasteiger partial charge >= 0.3 is 0 Å². The van der Waals surface area contributed by atoms with E-state index in [1.165, 1.54) is 0 Å². The Bertz CT molecular complexity index is 706. The summed E-state index contributed by atoms with van der Waals surface area (Å²) in [6.07, 6.45) is 1.70. The van der Waals surface area contributed by atoms with Gasteiger partial charge in [-0.25, -0.2) is 4.68 Å². The van der Waals surface area contributed by atoms with Crippen molar-refractivity contribution in [2.24, 2.45) is 0 Å². The zero-order valence-electron chi connectivity index (χ0n) is 16.4. The number of rotatable bonds is 11. The Morgan fingerprint density at radius 3 is 2.41 bits per heavy atom. The number of amides is 1. The summed E-state index contributed by atoms with van der Waals surface area (Å²) in [5, 5.41) is 7.14. The number of carbonyl (C=O) groups excluding carboxylic acids is 1. The Morgan fingerprint density at radius 1 is 1.15 bits per heavy atom. The molecule has 8 nitrogen and oxygen atoms in total.